The Labute approximate surface area is 450 Å². The van der Waals surface area contributed by atoms with E-state index in [0.717, 1.165) is 51.3 Å². The van der Waals surface area contributed by atoms with Crippen LogP contribution in [-0.2, 0) is 48.0 Å². The van der Waals surface area contributed by atoms with Gasteiger partial charge in [-0.15, -0.1) is 11.3 Å². The molecule has 0 aliphatic carbocycles. The van der Waals surface area contributed by atoms with Crippen LogP contribution in [0.1, 0.15) is 101 Å². The fourth-order valence-electron chi connectivity index (χ4n) is 9.23. The van der Waals surface area contributed by atoms with Gasteiger partial charge in [-0.05, 0) is 98.0 Å². The van der Waals surface area contributed by atoms with E-state index in [1.165, 1.54) is 15.8 Å². The predicted octanol–water partition coefficient (Wildman–Crippen LogP) is 9.59. The summed E-state index contributed by atoms with van der Waals surface area (Å²) >= 11 is 1.57. The fraction of sp³-hybridized carbons (Fsp3) is 0.400. The minimum Gasteiger partial charge on any atom is -0.444 e. The topological polar surface area (TPSA) is 195 Å². The first-order valence-corrected chi connectivity index (χ1v) is 26.9. The van der Waals surface area contributed by atoms with Crippen LogP contribution in [0.25, 0.3) is 27.4 Å². The van der Waals surface area contributed by atoms with Gasteiger partial charge in [-0.1, -0.05) is 112 Å². The van der Waals surface area contributed by atoms with E-state index in [2.05, 4.69) is 49.1 Å². The van der Waals surface area contributed by atoms with E-state index in [1.807, 2.05) is 113 Å². The Morgan fingerprint density at radius 3 is 2.33 bits per heavy atom. The normalized spacial score (nSPS) is 15.7. The molecule has 76 heavy (non-hydrogen) atoms. The molecular weight excluding hydrogens is 979 g/mol. The predicted molar refractivity (Wildman–Crippen MR) is 300 cm³/mol. The van der Waals surface area contributed by atoms with Gasteiger partial charge in [0.15, 0.2) is 5.78 Å². The summed E-state index contributed by atoms with van der Waals surface area (Å²) in [4.78, 5) is 79.7. The number of rotatable bonds is 22. The molecule has 16 heteroatoms. The Hall–Kier alpha value is -6.98. The summed E-state index contributed by atoms with van der Waals surface area (Å²) in [6.45, 7) is 17.3. The molecule has 4 atom stereocenters. The third-order valence-electron chi connectivity index (χ3n) is 13.3. The highest BCUT2D eigenvalue weighted by atomic mass is 32.1. The highest BCUT2D eigenvalue weighted by molar-refractivity contribution is 7.13. The number of aryl methyl sites for hydroxylation is 1. The van der Waals surface area contributed by atoms with Crippen molar-refractivity contribution >= 4 is 63.6 Å². The number of β-amino-alcohol motifs (C(OH)–C–C–N with tert-alkyl or cyclic N) is 1. The van der Waals surface area contributed by atoms with Crippen molar-refractivity contribution in [3.63, 3.8) is 0 Å². The molecule has 15 nitrogen and oxygen atoms in total. The summed E-state index contributed by atoms with van der Waals surface area (Å²) in [7, 11) is 0. The van der Waals surface area contributed by atoms with Gasteiger partial charge >= 0.3 is 6.09 Å². The number of para-hydroxylation sites is 2. The molecule has 4 aromatic carbocycles. The number of hydrogen-bond donors (Lipinski definition) is 5. The zero-order valence-electron chi connectivity index (χ0n) is 45.0. The van der Waals surface area contributed by atoms with Gasteiger partial charge in [-0.2, -0.15) is 0 Å². The average molecular weight is 1050 g/mol. The van der Waals surface area contributed by atoms with Crippen molar-refractivity contribution in [2.24, 2.45) is 5.41 Å². The summed E-state index contributed by atoms with van der Waals surface area (Å²) in [5.74, 6) is -1.26. The van der Waals surface area contributed by atoms with Crippen LogP contribution >= 0.6 is 11.3 Å². The number of nitrogens with one attached hydrogen (secondary N) is 4. The van der Waals surface area contributed by atoms with Crippen LogP contribution in [0.15, 0.2) is 115 Å². The van der Waals surface area contributed by atoms with Crippen LogP contribution in [0.2, 0.25) is 0 Å². The van der Waals surface area contributed by atoms with Crippen molar-refractivity contribution in [3.8, 4) is 10.4 Å². The Morgan fingerprint density at radius 1 is 0.895 bits per heavy atom. The molecule has 0 radical (unpaired) electrons. The number of ether oxygens (including phenoxy) is 2. The van der Waals surface area contributed by atoms with E-state index >= 15 is 0 Å². The van der Waals surface area contributed by atoms with Crippen molar-refractivity contribution in [2.75, 3.05) is 38.2 Å². The second-order valence-corrected chi connectivity index (χ2v) is 22.5. The first-order valence-electron chi connectivity index (χ1n) is 26.0. The molecule has 0 unspecified atom stereocenters. The van der Waals surface area contributed by atoms with E-state index in [9.17, 15) is 29.1 Å². The summed E-state index contributed by atoms with van der Waals surface area (Å²) in [6, 6.07) is 29.2. The van der Waals surface area contributed by atoms with Crippen molar-refractivity contribution in [1.29, 1.82) is 0 Å². The van der Waals surface area contributed by atoms with E-state index in [1.54, 1.807) is 56.4 Å². The number of aliphatic hydroxyl groups is 1. The molecule has 1 saturated heterocycles. The Morgan fingerprint density at radius 2 is 1.62 bits per heavy atom. The highest BCUT2D eigenvalue weighted by Gasteiger charge is 2.44. The molecule has 7 rings (SSSR count). The number of benzene rings is 4. The lowest BCUT2D eigenvalue weighted by molar-refractivity contribution is -0.144. The monoisotopic (exact) mass is 1050 g/mol. The van der Waals surface area contributed by atoms with E-state index in [-0.39, 0.29) is 56.1 Å². The van der Waals surface area contributed by atoms with Gasteiger partial charge < -0.3 is 35.1 Å². The van der Waals surface area contributed by atoms with Gasteiger partial charge in [-0.25, -0.2) is 9.78 Å². The summed E-state index contributed by atoms with van der Waals surface area (Å²) < 4.78 is 11.5. The Kier molecular flexibility index (Phi) is 19.2. The van der Waals surface area contributed by atoms with Crippen molar-refractivity contribution < 1.29 is 38.6 Å². The zero-order chi connectivity index (χ0) is 54.6. The van der Waals surface area contributed by atoms with Gasteiger partial charge in [0.2, 0.25) is 17.7 Å². The summed E-state index contributed by atoms with van der Waals surface area (Å²) in [5, 5.41) is 20.7. The van der Waals surface area contributed by atoms with Crippen LogP contribution in [0.3, 0.4) is 0 Å². The second-order valence-electron chi connectivity index (χ2n) is 21.6. The number of H-pyrrole nitrogens is 1. The van der Waals surface area contributed by atoms with Crippen molar-refractivity contribution in [3.05, 3.63) is 148 Å². The first kappa shape index (κ1) is 56.7. The Balaban J connectivity index is 0.913. The SMILES string of the molecule is Cc1ncsc1-c1ccc([C@H](C)NC(=O)[C@@H]2C[C@@H](O)CN2C(=O)[C@@H](NC(=O)CCOCCN(CCc2c[nH]c3ccccc23)Cc2ccc(/C=C/C(=O)Cc3ccccc3NC(=O)OC(C)(C)C)cc2)C(C)(C)C)cc1. The minimum atomic E-state index is -0.958. The number of aliphatic hydroxyl groups excluding tert-OH is 1. The van der Waals surface area contributed by atoms with E-state index in [0.29, 0.717) is 30.9 Å². The third-order valence-corrected chi connectivity index (χ3v) is 14.3. The third kappa shape index (κ3) is 16.0. The lowest BCUT2D eigenvalue weighted by Crippen LogP contribution is -2.58. The lowest BCUT2D eigenvalue weighted by Gasteiger charge is -2.35. The van der Waals surface area contributed by atoms with Crippen LogP contribution in [-0.4, -0.2) is 111 Å². The van der Waals surface area contributed by atoms with Gasteiger partial charge in [0, 0.05) is 68.2 Å². The molecule has 402 valence electrons. The number of likely N-dealkylation sites (tertiary alicyclic amines) is 1. The number of carbonyl (C=O) groups is 5. The van der Waals surface area contributed by atoms with Crippen molar-refractivity contribution in [1.82, 2.24) is 30.4 Å². The molecule has 4 amide bonds. The maximum Gasteiger partial charge on any atom is 0.412 e. The number of amides is 4. The molecular formula is C60H73N7O8S. The minimum absolute atomic E-state index is 0.0200. The molecule has 3 heterocycles. The van der Waals surface area contributed by atoms with E-state index < -0.39 is 41.2 Å². The zero-order valence-corrected chi connectivity index (χ0v) is 45.8. The van der Waals surface area contributed by atoms with Gasteiger partial charge in [-0.3, -0.25) is 29.4 Å². The standard InChI is InChI=1S/C60H73N7O8S/c1-39(43-22-24-44(25-23-43)54-40(2)62-38-76-54)63-56(71)52-34-48(69)37-67(52)57(72)55(59(3,4)5)65-53(70)28-31-74-32-30-66(29-27-46-35-61-51-16-12-10-14-49(46)51)36-42-19-17-41(18-20-42)21-26-47(68)33-45-13-9-11-15-50(45)64-58(73)75-60(6,7)8/h9-26,35,38-39,48,52,55,61,69H,27-34,36-37H2,1-8H3,(H,63,71)(H,64,73)(H,65,70)/b26-21+/t39-,48+,52-,55+/m0/s1. The molecule has 2 aromatic heterocycles. The molecule has 1 aliphatic heterocycles. The average Bonchev–Trinajstić information content (AvgIpc) is 4.12. The van der Waals surface area contributed by atoms with Crippen LogP contribution in [0.4, 0.5) is 10.5 Å². The van der Waals surface area contributed by atoms with Crippen LogP contribution < -0.4 is 16.0 Å². The molecule has 0 bridgehead atoms. The number of hydrogen-bond acceptors (Lipinski definition) is 11. The number of thiazole rings is 1. The summed E-state index contributed by atoms with van der Waals surface area (Å²) in [5.41, 5.74) is 8.81. The number of ketones is 1. The van der Waals surface area contributed by atoms with E-state index in [4.69, 9.17) is 9.47 Å². The number of aromatic amines is 1. The van der Waals surface area contributed by atoms with Crippen LogP contribution in [0, 0.1) is 12.3 Å². The highest BCUT2D eigenvalue weighted by Crippen LogP contribution is 2.30. The van der Waals surface area contributed by atoms with Crippen molar-refractivity contribution in [2.45, 2.75) is 117 Å². The summed E-state index contributed by atoms with van der Waals surface area (Å²) in [6.07, 6.45) is 4.94. The maximum absolute atomic E-state index is 14.3. The van der Waals surface area contributed by atoms with Gasteiger partial charge in [0.25, 0.3) is 0 Å². The number of allylic oxidation sites excluding steroid dienone is 1. The lowest BCUT2D eigenvalue weighted by atomic mass is 9.85. The van der Waals surface area contributed by atoms with Gasteiger partial charge in [0.1, 0.15) is 17.7 Å². The van der Waals surface area contributed by atoms with Gasteiger partial charge in [0.05, 0.1) is 41.4 Å². The first-order chi connectivity index (χ1) is 36.2. The fourth-order valence-corrected chi connectivity index (χ4v) is 10.0. The van der Waals surface area contributed by atoms with Crippen LogP contribution in [0.5, 0.6) is 0 Å². The molecule has 1 fully saturated rings. The molecule has 1 aliphatic rings. The molecule has 0 saturated carbocycles. The quantitative estimate of drug-likeness (QED) is 0.0323. The molecule has 5 N–H and O–H groups in total. The smallest absolute Gasteiger partial charge is 0.412 e. The molecule has 6 aromatic rings. The number of fused-ring (bicyclic) bond motifs is 1. The Bertz CT molecular complexity index is 2970. The molecule has 0 spiro atoms. The maximum atomic E-state index is 14.3. The number of carbonyl (C=O) groups excluding carboxylic acids is 5. The number of nitrogens with zero attached hydrogens (tertiary/aromatic N) is 3. The second kappa shape index (κ2) is 25.7. The largest absolute Gasteiger partial charge is 0.444 e. The number of aromatic nitrogens is 2. The number of anilines is 1.